The van der Waals surface area contributed by atoms with Crippen molar-refractivity contribution in [2.24, 2.45) is 0 Å². The molecule has 23 heavy (non-hydrogen) atoms. The quantitative estimate of drug-likeness (QED) is 0.234. The number of unbranched alkanes of at least 4 members (excludes halogenated alkanes) is 4. The van der Waals surface area contributed by atoms with Gasteiger partial charge in [0.1, 0.15) is 12.7 Å². The van der Waals surface area contributed by atoms with Crippen LogP contribution in [0.2, 0.25) is 0 Å². The van der Waals surface area contributed by atoms with E-state index in [0.717, 1.165) is 25.7 Å². The van der Waals surface area contributed by atoms with Gasteiger partial charge in [-0.25, -0.2) is 0 Å². The molecule has 0 amide bonds. The van der Waals surface area contributed by atoms with E-state index in [1.165, 1.54) is 0 Å². The van der Waals surface area contributed by atoms with Gasteiger partial charge in [-0.15, -0.1) is 0 Å². The Bertz CT molecular complexity index is 277. The SMILES string of the molecule is O=C(O)CCCCC(=O)OCC(O)CO.OCCCCCCO. The number of esters is 1. The van der Waals surface area contributed by atoms with E-state index < -0.39 is 24.6 Å². The smallest absolute Gasteiger partial charge is 0.305 e. The molecule has 1 unspecified atom stereocenters. The van der Waals surface area contributed by atoms with E-state index in [9.17, 15) is 9.59 Å². The fourth-order valence-corrected chi connectivity index (χ4v) is 1.44. The van der Waals surface area contributed by atoms with E-state index in [0.29, 0.717) is 12.8 Å². The van der Waals surface area contributed by atoms with Crippen molar-refractivity contribution in [1.82, 2.24) is 0 Å². The fraction of sp³-hybridized carbons (Fsp3) is 0.867. The maximum atomic E-state index is 10.9. The van der Waals surface area contributed by atoms with Gasteiger partial charge in [-0.1, -0.05) is 12.8 Å². The molecular formula is C15H30O8. The number of ether oxygens (including phenoxy) is 1. The number of hydrogen-bond donors (Lipinski definition) is 5. The molecule has 5 N–H and O–H groups in total. The van der Waals surface area contributed by atoms with Crippen LogP contribution in [0, 0.1) is 0 Å². The van der Waals surface area contributed by atoms with Crippen LogP contribution < -0.4 is 0 Å². The van der Waals surface area contributed by atoms with Crippen molar-refractivity contribution in [2.45, 2.75) is 57.5 Å². The summed E-state index contributed by atoms with van der Waals surface area (Å²) in [6, 6.07) is 0. The maximum Gasteiger partial charge on any atom is 0.305 e. The highest BCUT2D eigenvalue weighted by atomic mass is 16.5. The summed E-state index contributed by atoms with van der Waals surface area (Å²) in [7, 11) is 0. The highest BCUT2D eigenvalue weighted by Gasteiger charge is 2.07. The van der Waals surface area contributed by atoms with Crippen LogP contribution in [-0.4, -0.2) is 70.0 Å². The Morgan fingerprint density at radius 1 is 0.826 bits per heavy atom. The molecule has 0 bridgehead atoms. The number of aliphatic hydroxyl groups is 4. The lowest BCUT2D eigenvalue weighted by Gasteiger charge is -2.07. The first kappa shape index (κ1) is 24.0. The van der Waals surface area contributed by atoms with Gasteiger partial charge in [-0.2, -0.15) is 0 Å². The van der Waals surface area contributed by atoms with E-state index in [2.05, 4.69) is 4.74 Å². The van der Waals surface area contributed by atoms with Crippen LogP contribution in [0.3, 0.4) is 0 Å². The Morgan fingerprint density at radius 2 is 1.35 bits per heavy atom. The normalized spacial score (nSPS) is 11.3. The molecule has 0 spiro atoms. The van der Waals surface area contributed by atoms with Crippen molar-refractivity contribution in [3.63, 3.8) is 0 Å². The number of aliphatic carboxylic acids is 1. The summed E-state index contributed by atoms with van der Waals surface area (Å²) in [5.74, 6) is -1.38. The van der Waals surface area contributed by atoms with Gasteiger partial charge in [0, 0.05) is 26.1 Å². The number of carboxylic acid groups (broad SMARTS) is 1. The minimum atomic E-state index is -1.05. The van der Waals surface area contributed by atoms with Crippen LogP contribution in [-0.2, 0) is 14.3 Å². The lowest BCUT2D eigenvalue weighted by molar-refractivity contribution is -0.147. The highest BCUT2D eigenvalue weighted by Crippen LogP contribution is 2.01. The first-order valence-corrected chi connectivity index (χ1v) is 7.86. The summed E-state index contributed by atoms with van der Waals surface area (Å²) in [5.41, 5.74) is 0. The van der Waals surface area contributed by atoms with Gasteiger partial charge < -0.3 is 30.3 Å². The standard InChI is InChI=1S/C9H16O6.C6H14O2/c10-5-7(11)6-15-9(14)4-2-1-3-8(12)13;7-5-3-1-2-4-6-8/h7,10-11H,1-6H2,(H,12,13);7-8H,1-6H2. The van der Waals surface area contributed by atoms with Gasteiger partial charge in [0.05, 0.1) is 6.61 Å². The van der Waals surface area contributed by atoms with Gasteiger partial charge in [0.15, 0.2) is 0 Å². The summed E-state index contributed by atoms with van der Waals surface area (Å²) >= 11 is 0. The van der Waals surface area contributed by atoms with Crippen LogP contribution in [0.1, 0.15) is 51.4 Å². The molecule has 8 heteroatoms. The third-order valence-corrected chi connectivity index (χ3v) is 2.74. The predicted octanol–water partition coefficient (Wildman–Crippen LogP) is 0.0592. The monoisotopic (exact) mass is 338 g/mol. The van der Waals surface area contributed by atoms with Gasteiger partial charge in [-0.3, -0.25) is 9.59 Å². The van der Waals surface area contributed by atoms with Gasteiger partial charge >= 0.3 is 11.9 Å². The summed E-state index contributed by atoms with van der Waals surface area (Å²) < 4.78 is 4.61. The number of rotatable bonds is 13. The third kappa shape index (κ3) is 23.2. The minimum Gasteiger partial charge on any atom is -0.481 e. The molecule has 0 fully saturated rings. The number of carbonyl (C=O) groups excluding carboxylic acids is 1. The van der Waals surface area contributed by atoms with Crippen LogP contribution in [0.5, 0.6) is 0 Å². The first-order chi connectivity index (χ1) is 11.0. The molecule has 0 aromatic rings. The van der Waals surface area contributed by atoms with Gasteiger partial charge in [0.2, 0.25) is 0 Å². The molecular weight excluding hydrogens is 308 g/mol. The fourth-order valence-electron chi connectivity index (χ4n) is 1.44. The van der Waals surface area contributed by atoms with E-state index in [-0.39, 0.29) is 32.7 Å². The van der Waals surface area contributed by atoms with Crippen molar-refractivity contribution in [2.75, 3.05) is 26.4 Å². The Labute approximate surface area is 136 Å². The largest absolute Gasteiger partial charge is 0.481 e. The molecule has 0 aromatic carbocycles. The summed E-state index contributed by atoms with van der Waals surface area (Å²) in [4.78, 5) is 21.1. The molecule has 0 aromatic heterocycles. The number of carbonyl (C=O) groups is 2. The van der Waals surface area contributed by atoms with Crippen molar-refractivity contribution in [1.29, 1.82) is 0 Å². The average molecular weight is 338 g/mol. The highest BCUT2D eigenvalue weighted by molar-refractivity contribution is 5.69. The zero-order valence-corrected chi connectivity index (χ0v) is 13.5. The first-order valence-electron chi connectivity index (χ1n) is 7.86. The van der Waals surface area contributed by atoms with Crippen molar-refractivity contribution >= 4 is 11.9 Å². The second-order valence-electron chi connectivity index (χ2n) is 4.98. The zero-order valence-electron chi connectivity index (χ0n) is 13.5. The molecule has 8 nitrogen and oxygen atoms in total. The topological polar surface area (TPSA) is 145 Å². The van der Waals surface area contributed by atoms with Crippen molar-refractivity contribution in [3.8, 4) is 0 Å². The summed E-state index contributed by atoms with van der Waals surface area (Å²) in [6.45, 7) is -0.114. The van der Waals surface area contributed by atoms with Crippen LogP contribution in [0.4, 0.5) is 0 Å². The van der Waals surface area contributed by atoms with Crippen LogP contribution >= 0.6 is 0 Å². The van der Waals surface area contributed by atoms with E-state index in [1.807, 2.05) is 0 Å². The summed E-state index contributed by atoms with van der Waals surface area (Å²) in [6.07, 6.45) is 3.81. The van der Waals surface area contributed by atoms with E-state index in [4.69, 9.17) is 25.5 Å². The number of hydrogen-bond acceptors (Lipinski definition) is 7. The molecule has 0 aliphatic carbocycles. The van der Waals surface area contributed by atoms with Crippen LogP contribution in [0.25, 0.3) is 0 Å². The molecule has 0 heterocycles. The molecule has 0 saturated heterocycles. The maximum absolute atomic E-state index is 10.9. The van der Waals surface area contributed by atoms with E-state index in [1.54, 1.807) is 0 Å². The Morgan fingerprint density at radius 3 is 1.78 bits per heavy atom. The Balaban J connectivity index is 0. The Kier molecular flexibility index (Phi) is 19.7. The Hall–Kier alpha value is -1.22. The van der Waals surface area contributed by atoms with Crippen molar-refractivity contribution < 1.29 is 39.9 Å². The van der Waals surface area contributed by atoms with E-state index >= 15 is 0 Å². The molecule has 0 rings (SSSR count). The molecule has 138 valence electrons. The molecule has 1 atom stereocenters. The molecule has 0 saturated carbocycles. The minimum absolute atomic E-state index is 0.0343. The second-order valence-corrected chi connectivity index (χ2v) is 4.98. The number of aliphatic hydroxyl groups excluding tert-OH is 4. The van der Waals surface area contributed by atoms with Crippen LogP contribution in [0.15, 0.2) is 0 Å². The van der Waals surface area contributed by atoms with Crippen molar-refractivity contribution in [3.05, 3.63) is 0 Å². The van der Waals surface area contributed by atoms with Gasteiger partial charge in [-0.05, 0) is 25.7 Å². The molecule has 0 radical (unpaired) electrons. The predicted molar refractivity (Wildman–Crippen MR) is 82.8 cm³/mol. The molecule has 0 aliphatic heterocycles. The second kappa shape index (κ2) is 18.8. The average Bonchev–Trinajstić information content (AvgIpc) is 2.54. The lowest BCUT2D eigenvalue weighted by Crippen LogP contribution is -2.21. The summed E-state index contributed by atoms with van der Waals surface area (Å²) in [5, 5.41) is 42.2. The third-order valence-electron chi connectivity index (χ3n) is 2.74. The van der Waals surface area contributed by atoms with Gasteiger partial charge in [0.25, 0.3) is 0 Å². The lowest BCUT2D eigenvalue weighted by atomic mass is 10.2. The zero-order chi connectivity index (χ0) is 17.9. The number of carboxylic acids is 1. The molecule has 0 aliphatic rings.